The molecule has 0 aromatic rings. The lowest BCUT2D eigenvalue weighted by Gasteiger charge is -2.00. The minimum Gasteiger partial charge on any atom is -0.550 e. The van der Waals surface area contributed by atoms with E-state index in [1.54, 1.807) is 10.8 Å². The second kappa shape index (κ2) is 9.23. The number of carboxylic acid groups (broad SMARTS) is 2. The van der Waals surface area contributed by atoms with Crippen LogP contribution in [0.4, 0.5) is 0 Å². The molecule has 0 amide bonds. The molecular formula is C8H14O4S3. The van der Waals surface area contributed by atoms with Crippen LogP contribution in [0, 0.1) is 0 Å². The van der Waals surface area contributed by atoms with Gasteiger partial charge in [-0.1, -0.05) is 0 Å². The van der Waals surface area contributed by atoms with Gasteiger partial charge in [0.25, 0.3) is 0 Å². The van der Waals surface area contributed by atoms with Crippen molar-refractivity contribution in [2.24, 2.45) is 0 Å². The van der Waals surface area contributed by atoms with E-state index in [4.69, 9.17) is 5.11 Å². The number of aliphatic carboxylic acids is 2. The van der Waals surface area contributed by atoms with Crippen LogP contribution in [-0.2, 0) is 18.5 Å². The van der Waals surface area contributed by atoms with Crippen LogP contribution in [0.1, 0.15) is 25.7 Å². The van der Waals surface area contributed by atoms with Gasteiger partial charge in [0.15, 0.2) is 0 Å². The molecule has 0 fully saturated rings. The summed E-state index contributed by atoms with van der Waals surface area (Å²) in [6, 6.07) is 0. The molecule has 0 aromatic heterocycles. The van der Waals surface area contributed by atoms with Crippen molar-refractivity contribution in [1.82, 2.24) is 0 Å². The Kier molecular flexibility index (Phi) is 9.23. The first-order chi connectivity index (χ1) is 7.02. The Hall–Kier alpha value is -0.0100. The van der Waals surface area contributed by atoms with E-state index in [0.29, 0.717) is 12.8 Å². The summed E-state index contributed by atoms with van der Waals surface area (Å²) >= 11 is 4.29. The fourth-order valence-corrected chi connectivity index (χ4v) is 4.44. The number of carbonyl (C=O) groups is 2. The second-order valence-corrected chi connectivity index (χ2v) is 8.49. The summed E-state index contributed by atoms with van der Waals surface area (Å²) in [5, 5.41) is 18.5. The van der Waals surface area contributed by atoms with E-state index in [0.717, 1.165) is 11.5 Å². The minimum atomic E-state index is -1.03. The van der Waals surface area contributed by atoms with E-state index in [1.807, 2.05) is 0 Å². The van der Waals surface area contributed by atoms with Gasteiger partial charge in [-0.3, -0.25) is 4.79 Å². The largest absolute Gasteiger partial charge is 0.550 e. The maximum Gasteiger partial charge on any atom is 0.303 e. The van der Waals surface area contributed by atoms with Crippen LogP contribution >= 0.6 is 22.5 Å². The molecule has 1 unspecified atom stereocenters. The van der Waals surface area contributed by atoms with Gasteiger partial charge in [-0.15, -0.1) is 0 Å². The average molecular weight is 270 g/mol. The predicted octanol–water partition coefficient (Wildman–Crippen LogP) is 0.493. The molecule has 15 heavy (non-hydrogen) atoms. The first kappa shape index (κ1) is 15.0. The maximum absolute atomic E-state index is 10.2. The molecule has 0 saturated carbocycles. The smallest absolute Gasteiger partial charge is 0.303 e. The Balaban J connectivity index is 3.29. The number of rotatable bonds is 9. The quantitative estimate of drug-likeness (QED) is 0.276. The number of thiol groups is 1. The zero-order chi connectivity index (χ0) is 11.7. The fourth-order valence-electron chi connectivity index (χ4n) is 0.777. The molecule has 1 atom stereocenters. The third-order valence-electron chi connectivity index (χ3n) is 1.45. The summed E-state index contributed by atoms with van der Waals surface area (Å²) in [4.78, 5) is 20.3. The lowest BCUT2D eigenvalue weighted by atomic mass is 10.3. The van der Waals surface area contributed by atoms with Crippen molar-refractivity contribution in [3.8, 4) is 0 Å². The van der Waals surface area contributed by atoms with Crippen LogP contribution < -0.4 is 5.11 Å². The van der Waals surface area contributed by atoms with Gasteiger partial charge >= 0.3 is 5.97 Å². The molecule has 1 N–H and O–H groups in total. The topological polar surface area (TPSA) is 77.4 Å². The SMILES string of the molecule is O=C([O-])CCCS[S+](S)CCCC(=O)O. The molecule has 7 heteroatoms. The monoisotopic (exact) mass is 270 g/mol. The first-order valence-electron chi connectivity index (χ1n) is 4.47. The summed E-state index contributed by atoms with van der Waals surface area (Å²) in [5.41, 5.74) is 0. The summed E-state index contributed by atoms with van der Waals surface area (Å²) < 4.78 is 0. The van der Waals surface area contributed by atoms with E-state index < -0.39 is 11.9 Å². The van der Waals surface area contributed by atoms with E-state index in [1.165, 1.54) is 0 Å². The average Bonchev–Trinajstić information content (AvgIpc) is 2.11. The van der Waals surface area contributed by atoms with Crippen LogP contribution in [0.2, 0.25) is 0 Å². The lowest BCUT2D eigenvalue weighted by molar-refractivity contribution is -0.305. The van der Waals surface area contributed by atoms with Crippen LogP contribution in [0.15, 0.2) is 0 Å². The molecule has 0 spiro atoms. The van der Waals surface area contributed by atoms with Crippen molar-refractivity contribution in [2.75, 3.05) is 11.5 Å². The first-order valence-corrected chi connectivity index (χ1v) is 8.42. The molecule has 4 nitrogen and oxygen atoms in total. The Labute approximate surface area is 100 Å². The van der Waals surface area contributed by atoms with Gasteiger partial charge in [0, 0.05) is 24.6 Å². The lowest BCUT2D eigenvalue weighted by Crippen LogP contribution is -2.21. The van der Waals surface area contributed by atoms with Gasteiger partial charge in [0.1, 0.15) is 25.5 Å². The van der Waals surface area contributed by atoms with E-state index >= 15 is 0 Å². The van der Waals surface area contributed by atoms with Crippen molar-refractivity contribution in [3.63, 3.8) is 0 Å². The van der Waals surface area contributed by atoms with Gasteiger partial charge < -0.3 is 15.0 Å². The van der Waals surface area contributed by atoms with Gasteiger partial charge in [-0.25, -0.2) is 0 Å². The van der Waals surface area contributed by atoms with Crippen molar-refractivity contribution in [2.45, 2.75) is 25.7 Å². The number of hydrogen-bond donors (Lipinski definition) is 2. The Morgan fingerprint density at radius 3 is 2.53 bits per heavy atom. The molecule has 0 radical (unpaired) electrons. The highest BCUT2D eigenvalue weighted by Gasteiger charge is 2.15. The number of carbonyl (C=O) groups excluding carboxylic acids is 1. The van der Waals surface area contributed by atoms with Crippen LogP contribution in [-0.4, -0.2) is 28.6 Å². The Morgan fingerprint density at radius 1 is 1.33 bits per heavy atom. The van der Waals surface area contributed by atoms with Gasteiger partial charge in [0.2, 0.25) is 0 Å². The molecule has 88 valence electrons. The molecule has 0 bridgehead atoms. The highest BCUT2D eigenvalue weighted by Crippen LogP contribution is 2.23. The molecule has 0 saturated heterocycles. The van der Waals surface area contributed by atoms with Crippen molar-refractivity contribution < 1.29 is 19.8 Å². The third kappa shape index (κ3) is 11.9. The summed E-state index contributed by atoms with van der Waals surface area (Å²) in [6.45, 7) is 0. The summed E-state index contributed by atoms with van der Waals surface area (Å²) in [7, 11) is 1.41. The third-order valence-corrected chi connectivity index (χ3v) is 6.13. The zero-order valence-electron chi connectivity index (χ0n) is 8.18. The number of carboxylic acids is 2. The van der Waals surface area contributed by atoms with Crippen molar-refractivity contribution >= 4 is 43.4 Å². The van der Waals surface area contributed by atoms with Crippen LogP contribution in [0.3, 0.4) is 0 Å². The molecule has 0 rings (SSSR count). The van der Waals surface area contributed by atoms with E-state index in [9.17, 15) is 14.7 Å². The Bertz CT molecular complexity index is 210. The number of hydrogen-bond acceptors (Lipinski definition) is 5. The molecule has 0 aliphatic rings. The zero-order valence-corrected chi connectivity index (χ0v) is 10.7. The van der Waals surface area contributed by atoms with Crippen LogP contribution in [0.25, 0.3) is 0 Å². The molecule has 0 aliphatic carbocycles. The molecule has 0 heterocycles. The standard InChI is InChI=1S/C8H14O4S3/c9-7(10)3-1-5-14-15(13)6-2-4-8(11)12/h13H,1-6H2,(H-,9,10,11,12). The van der Waals surface area contributed by atoms with Gasteiger partial charge in [-0.2, -0.15) is 0 Å². The van der Waals surface area contributed by atoms with Gasteiger partial charge in [-0.05, 0) is 12.8 Å². The summed E-state index contributed by atoms with van der Waals surface area (Å²) in [6.07, 6.45) is 1.45. The van der Waals surface area contributed by atoms with Gasteiger partial charge in [0.05, 0.1) is 11.7 Å². The van der Waals surface area contributed by atoms with E-state index in [2.05, 4.69) is 11.7 Å². The summed E-state index contributed by atoms with van der Waals surface area (Å²) in [5.74, 6) is -0.332. The van der Waals surface area contributed by atoms with Crippen LogP contribution in [0.5, 0.6) is 0 Å². The second-order valence-electron chi connectivity index (χ2n) is 2.82. The Morgan fingerprint density at radius 2 is 2.00 bits per heavy atom. The molecule has 0 aromatic carbocycles. The maximum atomic E-state index is 10.2. The normalized spacial score (nSPS) is 12.3. The fraction of sp³-hybridized carbons (Fsp3) is 0.750. The van der Waals surface area contributed by atoms with Crippen molar-refractivity contribution in [3.05, 3.63) is 0 Å². The minimum absolute atomic E-state index is 0.0765. The highest BCUT2D eigenvalue weighted by atomic mass is 33.5. The highest BCUT2D eigenvalue weighted by molar-refractivity contribution is 9.02. The molecular weight excluding hydrogens is 256 g/mol. The van der Waals surface area contributed by atoms with Crippen molar-refractivity contribution in [1.29, 1.82) is 0 Å². The predicted molar refractivity (Wildman–Crippen MR) is 64.8 cm³/mol. The molecule has 0 aliphatic heterocycles. The van der Waals surface area contributed by atoms with E-state index in [-0.39, 0.29) is 21.8 Å².